The van der Waals surface area contributed by atoms with Crippen molar-refractivity contribution < 1.29 is 18.3 Å². The Hall–Kier alpha value is -1.32. The van der Waals surface area contributed by atoms with Gasteiger partial charge < -0.3 is 9.47 Å². The van der Waals surface area contributed by atoms with E-state index in [1.165, 1.54) is 63.5 Å². The van der Waals surface area contributed by atoms with Crippen molar-refractivity contribution in [2.24, 2.45) is 23.7 Å². The number of ether oxygens (including phenoxy) is 2. The van der Waals surface area contributed by atoms with Gasteiger partial charge in [-0.2, -0.15) is 8.78 Å². The number of rotatable bonds is 8. The molecule has 4 unspecified atom stereocenters. The highest BCUT2D eigenvalue weighted by molar-refractivity contribution is 5.35. The zero-order valence-electron chi connectivity index (χ0n) is 16.8. The minimum absolute atomic E-state index is 0.00125. The van der Waals surface area contributed by atoms with E-state index in [2.05, 4.69) is 6.92 Å². The Balaban J connectivity index is 1.49. The number of benzene rings is 1. The van der Waals surface area contributed by atoms with Crippen LogP contribution < -0.4 is 9.47 Å². The second-order valence-corrected chi connectivity index (χ2v) is 8.45. The maximum Gasteiger partial charge on any atom is 0.204 e. The largest absolute Gasteiger partial charge is 0.491 e. The van der Waals surface area contributed by atoms with E-state index in [-0.39, 0.29) is 11.5 Å². The molecule has 2 saturated carbocycles. The number of hydrogen-bond donors (Lipinski definition) is 0. The molecular weight excluding hydrogens is 346 g/mol. The summed E-state index contributed by atoms with van der Waals surface area (Å²) in [5.41, 5.74) is 0. The van der Waals surface area contributed by atoms with Gasteiger partial charge in [0.15, 0.2) is 11.5 Å². The summed E-state index contributed by atoms with van der Waals surface area (Å²) in [6.07, 6.45) is 11.7. The third kappa shape index (κ3) is 5.14. The highest BCUT2D eigenvalue weighted by Gasteiger charge is 2.35. The zero-order chi connectivity index (χ0) is 19.2. The fraction of sp³-hybridized carbons (Fsp3) is 0.739. The van der Waals surface area contributed by atoms with E-state index in [0.717, 1.165) is 24.2 Å². The van der Waals surface area contributed by atoms with Gasteiger partial charge in [0.1, 0.15) is 0 Å². The van der Waals surface area contributed by atoms with Crippen molar-refractivity contribution in [1.29, 1.82) is 0 Å². The predicted molar refractivity (Wildman–Crippen MR) is 104 cm³/mol. The van der Waals surface area contributed by atoms with Crippen LogP contribution in [0.4, 0.5) is 8.78 Å². The first-order valence-corrected chi connectivity index (χ1v) is 10.9. The summed E-state index contributed by atoms with van der Waals surface area (Å²) in [4.78, 5) is 0. The number of fused-ring (bicyclic) bond motifs is 1. The van der Waals surface area contributed by atoms with Crippen LogP contribution in [-0.4, -0.2) is 13.2 Å². The SMILES string of the molecule is CCCCC1CCC2CC(COc3ccc(OCC)c(F)c3F)CCC2C1. The van der Waals surface area contributed by atoms with Crippen molar-refractivity contribution in [3.05, 3.63) is 23.8 Å². The summed E-state index contributed by atoms with van der Waals surface area (Å²) in [5, 5.41) is 0. The minimum Gasteiger partial charge on any atom is -0.491 e. The van der Waals surface area contributed by atoms with Gasteiger partial charge >= 0.3 is 0 Å². The van der Waals surface area contributed by atoms with Gasteiger partial charge in [-0.3, -0.25) is 0 Å². The maximum absolute atomic E-state index is 14.2. The molecule has 0 amide bonds. The van der Waals surface area contributed by atoms with E-state index >= 15 is 0 Å². The summed E-state index contributed by atoms with van der Waals surface area (Å²) < 4.78 is 38.9. The van der Waals surface area contributed by atoms with E-state index in [4.69, 9.17) is 9.47 Å². The lowest BCUT2D eigenvalue weighted by Gasteiger charge is -2.42. The molecule has 0 N–H and O–H groups in total. The third-order valence-electron chi connectivity index (χ3n) is 6.58. The molecule has 27 heavy (non-hydrogen) atoms. The Morgan fingerprint density at radius 1 is 0.852 bits per heavy atom. The maximum atomic E-state index is 14.2. The molecule has 1 aromatic rings. The molecule has 1 aromatic carbocycles. The van der Waals surface area contributed by atoms with Crippen LogP contribution in [0.15, 0.2) is 12.1 Å². The second kappa shape index (κ2) is 9.75. The van der Waals surface area contributed by atoms with Crippen molar-refractivity contribution in [2.45, 2.75) is 71.6 Å². The third-order valence-corrected chi connectivity index (χ3v) is 6.58. The molecule has 0 bridgehead atoms. The lowest BCUT2D eigenvalue weighted by atomic mass is 9.64. The van der Waals surface area contributed by atoms with Gasteiger partial charge in [0, 0.05) is 0 Å². The minimum atomic E-state index is -0.955. The summed E-state index contributed by atoms with van der Waals surface area (Å²) >= 11 is 0. The zero-order valence-corrected chi connectivity index (χ0v) is 16.8. The molecule has 0 spiro atoms. The fourth-order valence-corrected chi connectivity index (χ4v) is 5.09. The summed E-state index contributed by atoms with van der Waals surface area (Å²) in [6, 6.07) is 2.93. The number of unbranched alkanes of at least 4 members (excludes halogenated alkanes) is 1. The van der Waals surface area contributed by atoms with Crippen LogP contribution in [0.3, 0.4) is 0 Å². The van der Waals surface area contributed by atoms with Gasteiger partial charge in [-0.15, -0.1) is 0 Å². The lowest BCUT2D eigenvalue weighted by molar-refractivity contribution is 0.0735. The van der Waals surface area contributed by atoms with Crippen LogP contribution in [0.1, 0.15) is 71.6 Å². The topological polar surface area (TPSA) is 18.5 Å². The molecule has 0 aromatic heterocycles. The molecule has 3 rings (SSSR count). The first-order valence-electron chi connectivity index (χ1n) is 10.9. The Labute approximate surface area is 162 Å². The normalized spacial score (nSPS) is 27.9. The first-order chi connectivity index (χ1) is 13.1. The van der Waals surface area contributed by atoms with Gasteiger partial charge in [0.25, 0.3) is 0 Å². The van der Waals surface area contributed by atoms with Crippen LogP contribution >= 0.6 is 0 Å². The summed E-state index contributed by atoms with van der Waals surface area (Å²) in [6.45, 7) is 4.80. The number of halogens is 2. The molecular formula is C23H34F2O2. The van der Waals surface area contributed by atoms with Gasteiger partial charge in [-0.05, 0) is 74.8 Å². The molecule has 0 aliphatic heterocycles. The second-order valence-electron chi connectivity index (χ2n) is 8.45. The van der Waals surface area contributed by atoms with E-state index in [0.29, 0.717) is 19.1 Å². The van der Waals surface area contributed by atoms with Crippen LogP contribution in [0, 0.1) is 35.3 Å². The molecule has 4 heteroatoms. The van der Waals surface area contributed by atoms with Gasteiger partial charge in [-0.1, -0.05) is 32.6 Å². The monoisotopic (exact) mass is 380 g/mol. The van der Waals surface area contributed by atoms with Crippen molar-refractivity contribution >= 4 is 0 Å². The van der Waals surface area contributed by atoms with Crippen molar-refractivity contribution in [2.75, 3.05) is 13.2 Å². The molecule has 152 valence electrons. The van der Waals surface area contributed by atoms with Gasteiger partial charge in [0.05, 0.1) is 13.2 Å². The standard InChI is InChI=1S/C23H34F2O2/c1-3-5-6-16-7-9-19-14-17(8-10-18(19)13-16)15-27-21-12-11-20(26-4-2)22(24)23(21)25/h11-12,16-19H,3-10,13-15H2,1-2H3. The van der Waals surface area contributed by atoms with E-state index in [1.807, 2.05) is 0 Å². The Morgan fingerprint density at radius 2 is 1.44 bits per heavy atom. The van der Waals surface area contributed by atoms with E-state index < -0.39 is 11.6 Å². The molecule has 0 heterocycles. The van der Waals surface area contributed by atoms with Gasteiger partial charge in [0.2, 0.25) is 11.6 Å². The quantitative estimate of drug-likeness (QED) is 0.496. The van der Waals surface area contributed by atoms with Crippen LogP contribution in [-0.2, 0) is 0 Å². The average Bonchev–Trinajstić information content (AvgIpc) is 2.69. The predicted octanol–water partition coefficient (Wildman–Crippen LogP) is 6.77. The van der Waals surface area contributed by atoms with Crippen LogP contribution in [0.2, 0.25) is 0 Å². The molecule has 0 saturated heterocycles. The van der Waals surface area contributed by atoms with Crippen LogP contribution in [0.5, 0.6) is 11.5 Å². The molecule has 2 aliphatic carbocycles. The summed E-state index contributed by atoms with van der Waals surface area (Å²) in [5.74, 6) is 1.11. The van der Waals surface area contributed by atoms with E-state index in [9.17, 15) is 8.78 Å². The van der Waals surface area contributed by atoms with Crippen molar-refractivity contribution in [3.8, 4) is 11.5 Å². The van der Waals surface area contributed by atoms with E-state index in [1.54, 1.807) is 6.92 Å². The molecule has 4 atom stereocenters. The van der Waals surface area contributed by atoms with Crippen molar-refractivity contribution in [1.82, 2.24) is 0 Å². The fourth-order valence-electron chi connectivity index (χ4n) is 5.09. The van der Waals surface area contributed by atoms with Crippen LogP contribution in [0.25, 0.3) is 0 Å². The Bertz CT molecular complexity index is 604. The highest BCUT2D eigenvalue weighted by atomic mass is 19.2. The highest BCUT2D eigenvalue weighted by Crippen LogP contribution is 2.46. The Morgan fingerprint density at radius 3 is 2.07 bits per heavy atom. The van der Waals surface area contributed by atoms with Gasteiger partial charge in [-0.25, -0.2) is 0 Å². The summed E-state index contributed by atoms with van der Waals surface area (Å²) in [7, 11) is 0. The average molecular weight is 381 g/mol. The smallest absolute Gasteiger partial charge is 0.204 e. The molecule has 2 aliphatic rings. The number of hydrogen-bond acceptors (Lipinski definition) is 2. The van der Waals surface area contributed by atoms with Crippen molar-refractivity contribution in [3.63, 3.8) is 0 Å². The Kier molecular flexibility index (Phi) is 7.37. The first kappa shape index (κ1) is 20.4. The molecule has 0 radical (unpaired) electrons. The lowest BCUT2D eigenvalue weighted by Crippen LogP contribution is -2.33. The molecule has 2 fully saturated rings. The molecule has 2 nitrogen and oxygen atoms in total.